The number of rotatable bonds is 8. The molecule has 3 aromatic rings. The van der Waals surface area contributed by atoms with E-state index in [9.17, 15) is 9.59 Å². The molecule has 1 aromatic carbocycles. The van der Waals surface area contributed by atoms with E-state index in [1.807, 2.05) is 18.4 Å². The normalized spacial score (nSPS) is 10.6. The lowest BCUT2D eigenvalue weighted by molar-refractivity contribution is -0.119. The van der Waals surface area contributed by atoms with Crippen molar-refractivity contribution in [3.63, 3.8) is 0 Å². The summed E-state index contributed by atoms with van der Waals surface area (Å²) in [6.45, 7) is 5.02. The third-order valence-electron chi connectivity index (χ3n) is 3.85. The zero-order valence-corrected chi connectivity index (χ0v) is 16.9. The van der Waals surface area contributed by atoms with Crippen molar-refractivity contribution in [3.8, 4) is 17.3 Å². The minimum atomic E-state index is -0.414. The first kappa shape index (κ1) is 20.5. The lowest BCUT2D eigenvalue weighted by Gasteiger charge is -2.09. The van der Waals surface area contributed by atoms with E-state index >= 15 is 0 Å². The van der Waals surface area contributed by atoms with Crippen LogP contribution in [0.5, 0.6) is 5.75 Å². The Bertz CT molecular complexity index is 954. The predicted octanol–water partition coefficient (Wildman–Crippen LogP) is 2.51. The van der Waals surface area contributed by atoms with Gasteiger partial charge in [-0.25, -0.2) is 0 Å². The Morgan fingerprint density at radius 3 is 2.59 bits per heavy atom. The molecule has 0 spiro atoms. The number of furan rings is 1. The Morgan fingerprint density at radius 1 is 1.14 bits per heavy atom. The summed E-state index contributed by atoms with van der Waals surface area (Å²) in [5, 5.41) is 8.84. The van der Waals surface area contributed by atoms with Crippen molar-refractivity contribution < 1.29 is 18.7 Å². The molecular weight excluding hydrogens is 394 g/mol. The van der Waals surface area contributed by atoms with Gasteiger partial charge in [0.05, 0.1) is 18.6 Å². The van der Waals surface area contributed by atoms with Crippen LogP contribution >= 0.6 is 11.8 Å². The van der Waals surface area contributed by atoms with Gasteiger partial charge in [0.1, 0.15) is 5.75 Å². The van der Waals surface area contributed by atoms with Crippen LogP contribution in [0.4, 0.5) is 0 Å². The van der Waals surface area contributed by atoms with Crippen LogP contribution in [0.2, 0.25) is 0 Å². The number of hydrogen-bond donors (Lipinski definition) is 2. The molecule has 0 aliphatic rings. The molecule has 0 aliphatic carbocycles. The van der Waals surface area contributed by atoms with E-state index < -0.39 is 5.91 Å². The van der Waals surface area contributed by atoms with E-state index in [0.717, 1.165) is 0 Å². The minimum Gasteiger partial charge on any atom is -0.494 e. The van der Waals surface area contributed by atoms with Crippen LogP contribution in [0.15, 0.2) is 52.2 Å². The van der Waals surface area contributed by atoms with Crippen LogP contribution in [0.1, 0.15) is 24.2 Å². The van der Waals surface area contributed by atoms with Gasteiger partial charge in [-0.3, -0.25) is 25.0 Å². The molecule has 29 heavy (non-hydrogen) atoms. The van der Waals surface area contributed by atoms with Crippen molar-refractivity contribution in [2.24, 2.45) is 0 Å². The Balaban J connectivity index is 1.51. The van der Waals surface area contributed by atoms with Crippen molar-refractivity contribution in [2.75, 3.05) is 12.4 Å². The fourth-order valence-corrected chi connectivity index (χ4v) is 3.30. The number of ether oxygens (including phenoxy) is 1. The summed E-state index contributed by atoms with van der Waals surface area (Å²) in [7, 11) is 0. The Kier molecular flexibility index (Phi) is 6.90. The second-order valence-corrected chi connectivity index (χ2v) is 6.72. The molecule has 0 aliphatic heterocycles. The molecule has 0 saturated heterocycles. The monoisotopic (exact) mass is 415 g/mol. The SMILES string of the molecule is CCOc1ccc(C(=O)NNC(=O)CSc2nnc(-c3ccco3)n2CC)cc1. The van der Waals surface area contributed by atoms with Crippen LogP contribution in [0, 0.1) is 0 Å². The number of nitrogens with one attached hydrogen (secondary N) is 2. The van der Waals surface area contributed by atoms with E-state index in [-0.39, 0.29) is 11.7 Å². The maximum absolute atomic E-state index is 12.1. The summed E-state index contributed by atoms with van der Waals surface area (Å²) in [4.78, 5) is 24.2. The summed E-state index contributed by atoms with van der Waals surface area (Å²) >= 11 is 1.22. The standard InChI is InChI=1S/C19H21N5O4S/c1-3-24-17(15-6-5-11-28-15)21-23-19(24)29-12-16(25)20-22-18(26)13-7-9-14(10-8-13)27-4-2/h5-11H,3-4,12H2,1-2H3,(H,20,25)(H,22,26). The van der Waals surface area contributed by atoms with Crippen LogP contribution in [-0.2, 0) is 11.3 Å². The van der Waals surface area contributed by atoms with Gasteiger partial charge in [0.2, 0.25) is 5.91 Å². The molecule has 0 fully saturated rings. The molecule has 2 amide bonds. The number of aromatic nitrogens is 3. The van der Waals surface area contributed by atoms with Gasteiger partial charge in [-0.1, -0.05) is 11.8 Å². The smallest absolute Gasteiger partial charge is 0.269 e. The molecule has 2 aromatic heterocycles. The fourth-order valence-electron chi connectivity index (χ4n) is 2.50. The molecule has 2 heterocycles. The Hall–Kier alpha value is -3.27. The van der Waals surface area contributed by atoms with Gasteiger partial charge in [-0.05, 0) is 50.2 Å². The lowest BCUT2D eigenvalue weighted by Crippen LogP contribution is -2.42. The molecular formula is C19H21N5O4S. The number of amides is 2. The highest BCUT2D eigenvalue weighted by molar-refractivity contribution is 7.99. The largest absolute Gasteiger partial charge is 0.494 e. The first-order valence-corrected chi connectivity index (χ1v) is 10.0. The molecule has 9 nitrogen and oxygen atoms in total. The first-order chi connectivity index (χ1) is 14.1. The highest BCUT2D eigenvalue weighted by atomic mass is 32.2. The molecule has 0 unspecified atom stereocenters. The highest BCUT2D eigenvalue weighted by Gasteiger charge is 2.16. The summed E-state index contributed by atoms with van der Waals surface area (Å²) in [5.74, 6) is 1.18. The number of hydrogen-bond acceptors (Lipinski definition) is 7. The average molecular weight is 415 g/mol. The number of carbonyl (C=O) groups excluding carboxylic acids is 2. The van der Waals surface area contributed by atoms with Crippen molar-refractivity contribution >= 4 is 23.6 Å². The van der Waals surface area contributed by atoms with E-state index in [2.05, 4.69) is 21.0 Å². The highest BCUT2D eigenvalue weighted by Crippen LogP contribution is 2.24. The molecule has 10 heteroatoms. The average Bonchev–Trinajstić information content (AvgIpc) is 3.40. The first-order valence-electron chi connectivity index (χ1n) is 9.04. The van der Waals surface area contributed by atoms with E-state index in [1.165, 1.54) is 11.8 Å². The molecule has 0 bridgehead atoms. The van der Waals surface area contributed by atoms with Crippen LogP contribution < -0.4 is 15.6 Å². The van der Waals surface area contributed by atoms with E-state index in [4.69, 9.17) is 9.15 Å². The van der Waals surface area contributed by atoms with Gasteiger partial charge in [-0.15, -0.1) is 10.2 Å². The van der Waals surface area contributed by atoms with E-state index in [1.54, 1.807) is 42.7 Å². The fraction of sp³-hybridized carbons (Fsp3) is 0.263. The zero-order valence-electron chi connectivity index (χ0n) is 16.0. The van der Waals surface area contributed by atoms with Gasteiger partial charge >= 0.3 is 0 Å². The van der Waals surface area contributed by atoms with Crippen molar-refractivity contribution in [2.45, 2.75) is 25.5 Å². The van der Waals surface area contributed by atoms with Crippen LogP contribution in [-0.4, -0.2) is 38.9 Å². The van der Waals surface area contributed by atoms with E-state index in [0.29, 0.717) is 41.2 Å². The Morgan fingerprint density at radius 2 is 1.93 bits per heavy atom. The van der Waals surface area contributed by atoms with Gasteiger partial charge in [0.15, 0.2) is 16.7 Å². The number of benzene rings is 1. The van der Waals surface area contributed by atoms with Gasteiger partial charge < -0.3 is 9.15 Å². The summed E-state index contributed by atoms with van der Waals surface area (Å²) in [6, 6.07) is 10.2. The third kappa shape index (κ3) is 5.17. The second-order valence-electron chi connectivity index (χ2n) is 5.78. The van der Waals surface area contributed by atoms with Crippen molar-refractivity contribution in [3.05, 3.63) is 48.2 Å². The lowest BCUT2D eigenvalue weighted by atomic mass is 10.2. The predicted molar refractivity (Wildman–Crippen MR) is 107 cm³/mol. The number of carbonyl (C=O) groups is 2. The third-order valence-corrected chi connectivity index (χ3v) is 4.82. The number of hydrazine groups is 1. The van der Waals surface area contributed by atoms with Crippen LogP contribution in [0.3, 0.4) is 0 Å². The summed E-state index contributed by atoms with van der Waals surface area (Å²) in [5.41, 5.74) is 5.20. The maximum atomic E-state index is 12.1. The molecule has 152 valence electrons. The maximum Gasteiger partial charge on any atom is 0.269 e. The van der Waals surface area contributed by atoms with Gasteiger partial charge in [0.25, 0.3) is 5.91 Å². The van der Waals surface area contributed by atoms with Crippen molar-refractivity contribution in [1.82, 2.24) is 25.6 Å². The van der Waals surface area contributed by atoms with Gasteiger partial charge in [0, 0.05) is 12.1 Å². The molecule has 2 N–H and O–H groups in total. The topological polar surface area (TPSA) is 111 Å². The quantitative estimate of drug-likeness (QED) is 0.429. The molecule has 3 rings (SSSR count). The van der Waals surface area contributed by atoms with Crippen LogP contribution in [0.25, 0.3) is 11.6 Å². The Labute approximate surface area is 171 Å². The number of thioether (sulfide) groups is 1. The minimum absolute atomic E-state index is 0.0693. The summed E-state index contributed by atoms with van der Waals surface area (Å²) in [6.07, 6.45) is 1.57. The van der Waals surface area contributed by atoms with Gasteiger partial charge in [-0.2, -0.15) is 0 Å². The van der Waals surface area contributed by atoms with Crippen molar-refractivity contribution in [1.29, 1.82) is 0 Å². The molecule has 0 radical (unpaired) electrons. The number of nitrogens with zero attached hydrogens (tertiary/aromatic N) is 3. The summed E-state index contributed by atoms with van der Waals surface area (Å²) < 4.78 is 12.6. The molecule has 0 atom stereocenters. The zero-order chi connectivity index (χ0) is 20.6. The second kappa shape index (κ2) is 9.78. The molecule has 0 saturated carbocycles.